The Morgan fingerprint density at radius 1 is 1.26 bits per heavy atom. The fraction of sp³-hybridized carbons (Fsp3) is 0.529. The van der Waals surface area contributed by atoms with Gasteiger partial charge < -0.3 is 15.0 Å². The second kappa shape index (κ2) is 8.77. The lowest BCUT2D eigenvalue weighted by Crippen LogP contribution is -2.44. The fourth-order valence-corrected chi connectivity index (χ4v) is 2.97. The number of amides is 2. The Morgan fingerprint density at radius 2 is 2.00 bits per heavy atom. The molecule has 0 unspecified atom stereocenters. The number of rotatable bonds is 4. The monoisotopic (exact) mass is 338 g/mol. The second-order valence-corrected chi connectivity index (χ2v) is 6.01. The average molecular weight is 339 g/mol. The Morgan fingerprint density at radius 3 is 2.70 bits per heavy atom. The van der Waals surface area contributed by atoms with E-state index < -0.39 is 5.97 Å². The molecule has 1 fully saturated rings. The summed E-state index contributed by atoms with van der Waals surface area (Å²) in [5.74, 6) is -0.418. The summed E-state index contributed by atoms with van der Waals surface area (Å²) in [6.07, 6.45) is 4.06. The first-order valence-corrected chi connectivity index (χ1v) is 8.45. The lowest BCUT2D eigenvalue weighted by Gasteiger charge is -2.30. The van der Waals surface area contributed by atoms with Gasteiger partial charge in [0.05, 0.1) is 12.6 Å². The summed E-state index contributed by atoms with van der Waals surface area (Å²) in [5, 5.41) is 3.34. The highest BCUT2D eigenvalue weighted by atomic mass is 35.5. The first-order valence-electron chi connectivity index (χ1n) is 8.07. The molecule has 0 saturated carbocycles. The lowest BCUT2D eigenvalue weighted by molar-refractivity contribution is -0.141. The molecule has 1 N–H and O–H groups in total. The predicted octanol–water partition coefficient (Wildman–Crippen LogP) is 3.53. The van der Waals surface area contributed by atoms with Crippen LogP contribution in [0.1, 0.15) is 44.2 Å². The van der Waals surface area contributed by atoms with Gasteiger partial charge in [-0.05, 0) is 37.5 Å². The van der Waals surface area contributed by atoms with Crippen molar-refractivity contribution in [2.45, 2.75) is 38.6 Å². The maximum absolute atomic E-state index is 12.5. The number of halogens is 1. The molecule has 1 atom stereocenters. The van der Waals surface area contributed by atoms with Crippen molar-refractivity contribution in [1.82, 2.24) is 10.2 Å². The number of esters is 1. The van der Waals surface area contributed by atoms with Crippen LogP contribution in [-0.2, 0) is 9.53 Å². The van der Waals surface area contributed by atoms with Gasteiger partial charge in [-0.2, -0.15) is 0 Å². The molecule has 0 aromatic heterocycles. The second-order valence-electron chi connectivity index (χ2n) is 5.57. The highest BCUT2D eigenvalue weighted by molar-refractivity contribution is 6.30. The zero-order valence-corrected chi connectivity index (χ0v) is 14.1. The van der Waals surface area contributed by atoms with Crippen molar-refractivity contribution in [2.75, 3.05) is 19.7 Å². The van der Waals surface area contributed by atoms with Crippen molar-refractivity contribution >= 4 is 23.6 Å². The van der Waals surface area contributed by atoms with Crippen LogP contribution in [0, 0.1) is 0 Å². The summed E-state index contributed by atoms with van der Waals surface area (Å²) in [6, 6.07) is 7.40. The number of nitrogens with zero attached hydrogens (tertiary/aromatic N) is 1. The standard InChI is InChI=1S/C17H23ClN2O3/c1-2-23-16(21)12-19-17(22)20-11-5-3-4-6-15(20)13-7-9-14(18)10-8-13/h7-10,15H,2-6,11-12H2,1H3,(H,19,22)/t15-/m0/s1. The SMILES string of the molecule is CCOC(=O)CNC(=O)N1CCCCC[C@H]1c1ccc(Cl)cc1. The summed E-state index contributed by atoms with van der Waals surface area (Å²) in [4.78, 5) is 25.7. The van der Waals surface area contributed by atoms with Gasteiger partial charge in [-0.1, -0.05) is 36.6 Å². The van der Waals surface area contributed by atoms with Crippen LogP contribution in [0.4, 0.5) is 4.79 Å². The highest BCUT2D eigenvalue weighted by Gasteiger charge is 2.27. The van der Waals surface area contributed by atoms with Crippen LogP contribution < -0.4 is 5.32 Å². The van der Waals surface area contributed by atoms with E-state index in [0.29, 0.717) is 18.2 Å². The van der Waals surface area contributed by atoms with E-state index >= 15 is 0 Å². The molecule has 0 bridgehead atoms. The van der Waals surface area contributed by atoms with Crippen molar-refractivity contribution in [1.29, 1.82) is 0 Å². The molecule has 0 radical (unpaired) electrons. The third-order valence-corrected chi connectivity index (χ3v) is 4.21. The molecule has 1 saturated heterocycles. The topological polar surface area (TPSA) is 58.6 Å². The van der Waals surface area contributed by atoms with Gasteiger partial charge in [0.25, 0.3) is 0 Å². The minimum absolute atomic E-state index is 0.0111. The quantitative estimate of drug-likeness (QED) is 0.854. The normalized spacial score (nSPS) is 18.2. The smallest absolute Gasteiger partial charge is 0.325 e. The molecule has 2 amide bonds. The molecule has 126 valence electrons. The summed E-state index contributed by atoms with van der Waals surface area (Å²) >= 11 is 5.95. The molecule has 0 aliphatic carbocycles. The molecular formula is C17H23ClN2O3. The van der Waals surface area contributed by atoms with Crippen molar-refractivity contribution < 1.29 is 14.3 Å². The molecule has 1 aliphatic rings. The zero-order chi connectivity index (χ0) is 16.7. The van der Waals surface area contributed by atoms with Gasteiger partial charge >= 0.3 is 12.0 Å². The first-order chi connectivity index (χ1) is 11.1. The molecule has 1 aliphatic heterocycles. The average Bonchev–Trinajstić information content (AvgIpc) is 2.79. The maximum atomic E-state index is 12.5. The number of nitrogens with one attached hydrogen (secondary N) is 1. The van der Waals surface area contributed by atoms with Crippen LogP contribution in [0.25, 0.3) is 0 Å². The minimum atomic E-state index is -0.418. The van der Waals surface area contributed by atoms with Gasteiger partial charge in [0.1, 0.15) is 6.54 Å². The van der Waals surface area contributed by atoms with E-state index in [1.54, 1.807) is 6.92 Å². The van der Waals surface area contributed by atoms with E-state index in [9.17, 15) is 9.59 Å². The predicted molar refractivity (Wildman–Crippen MR) is 89.4 cm³/mol. The number of likely N-dealkylation sites (tertiary alicyclic amines) is 1. The molecule has 2 rings (SSSR count). The Hall–Kier alpha value is -1.75. The molecule has 0 spiro atoms. The molecule has 1 aromatic rings. The van der Waals surface area contributed by atoms with Crippen molar-refractivity contribution in [2.24, 2.45) is 0 Å². The molecule has 1 aromatic carbocycles. The van der Waals surface area contributed by atoms with E-state index in [1.807, 2.05) is 29.2 Å². The Labute approximate surface area is 141 Å². The van der Waals surface area contributed by atoms with E-state index in [4.69, 9.17) is 16.3 Å². The number of ether oxygens (including phenoxy) is 1. The summed E-state index contributed by atoms with van der Waals surface area (Å²) < 4.78 is 4.84. The Balaban J connectivity index is 2.06. The van der Waals surface area contributed by atoms with E-state index in [-0.39, 0.29) is 18.6 Å². The Kier molecular flexibility index (Phi) is 6.71. The van der Waals surface area contributed by atoms with Crippen LogP contribution >= 0.6 is 11.6 Å². The highest BCUT2D eigenvalue weighted by Crippen LogP contribution is 2.30. The number of benzene rings is 1. The van der Waals surface area contributed by atoms with Crippen molar-refractivity contribution in [3.05, 3.63) is 34.9 Å². The number of carbonyl (C=O) groups is 2. The van der Waals surface area contributed by atoms with Gasteiger partial charge in [-0.25, -0.2) is 4.79 Å². The fourth-order valence-electron chi connectivity index (χ4n) is 2.84. The molecule has 23 heavy (non-hydrogen) atoms. The van der Waals surface area contributed by atoms with E-state index in [0.717, 1.165) is 31.2 Å². The van der Waals surface area contributed by atoms with E-state index in [2.05, 4.69) is 5.32 Å². The maximum Gasteiger partial charge on any atom is 0.325 e. The van der Waals surface area contributed by atoms with Gasteiger partial charge in [-0.3, -0.25) is 4.79 Å². The number of urea groups is 1. The van der Waals surface area contributed by atoms with Gasteiger partial charge in [0, 0.05) is 11.6 Å². The molecular weight excluding hydrogens is 316 g/mol. The van der Waals surface area contributed by atoms with Crippen LogP contribution in [0.5, 0.6) is 0 Å². The summed E-state index contributed by atoms with van der Waals surface area (Å²) in [6.45, 7) is 2.63. The number of hydrogen-bond donors (Lipinski definition) is 1. The molecule has 5 nitrogen and oxygen atoms in total. The first kappa shape index (κ1) is 17.6. The minimum Gasteiger partial charge on any atom is -0.465 e. The van der Waals surface area contributed by atoms with Crippen molar-refractivity contribution in [3.63, 3.8) is 0 Å². The van der Waals surface area contributed by atoms with E-state index in [1.165, 1.54) is 0 Å². The largest absolute Gasteiger partial charge is 0.465 e. The van der Waals surface area contributed by atoms with Crippen LogP contribution in [-0.4, -0.2) is 36.6 Å². The third-order valence-electron chi connectivity index (χ3n) is 3.96. The van der Waals surface area contributed by atoms with Gasteiger partial charge in [0.15, 0.2) is 0 Å². The lowest BCUT2D eigenvalue weighted by atomic mass is 10.0. The van der Waals surface area contributed by atoms with Gasteiger partial charge in [0.2, 0.25) is 0 Å². The zero-order valence-electron chi connectivity index (χ0n) is 13.4. The van der Waals surface area contributed by atoms with Crippen molar-refractivity contribution in [3.8, 4) is 0 Å². The summed E-state index contributed by atoms with van der Waals surface area (Å²) in [7, 11) is 0. The van der Waals surface area contributed by atoms with Crippen LogP contribution in [0.2, 0.25) is 5.02 Å². The van der Waals surface area contributed by atoms with Crippen LogP contribution in [0.15, 0.2) is 24.3 Å². The number of carbonyl (C=O) groups excluding carboxylic acids is 2. The number of hydrogen-bond acceptors (Lipinski definition) is 3. The summed E-state index contributed by atoms with van der Waals surface area (Å²) in [5.41, 5.74) is 1.07. The van der Waals surface area contributed by atoms with Gasteiger partial charge in [-0.15, -0.1) is 0 Å². The molecule has 6 heteroatoms. The Bertz CT molecular complexity index is 533. The third kappa shape index (κ3) is 5.13. The van der Waals surface area contributed by atoms with Crippen LogP contribution in [0.3, 0.4) is 0 Å². The molecule has 1 heterocycles.